The van der Waals surface area contributed by atoms with Gasteiger partial charge in [-0.25, -0.2) is 0 Å². The molecule has 0 spiro atoms. The van der Waals surface area contributed by atoms with Gasteiger partial charge in [0, 0.05) is 5.56 Å². The van der Waals surface area contributed by atoms with Crippen molar-refractivity contribution in [1.82, 2.24) is 0 Å². The lowest BCUT2D eigenvalue weighted by atomic mass is 9.98. The molecule has 0 aliphatic rings. The number of carbonyl (C=O) groups excluding carboxylic acids is 1. The molecule has 0 radical (unpaired) electrons. The highest BCUT2D eigenvalue weighted by Gasteiger charge is 2.11. The van der Waals surface area contributed by atoms with E-state index in [0.29, 0.717) is 11.3 Å². The van der Waals surface area contributed by atoms with Gasteiger partial charge in [-0.2, -0.15) is 0 Å². The summed E-state index contributed by atoms with van der Waals surface area (Å²) in [5.41, 5.74) is 3.64. The van der Waals surface area contributed by atoms with E-state index in [9.17, 15) is 4.79 Å². The summed E-state index contributed by atoms with van der Waals surface area (Å²) in [5.74, 6) is 0.636. The maximum absolute atomic E-state index is 11.0. The van der Waals surface area contributed by atoms with Crippen LogP contribution in [0.4, 0.5) is 0 Å². The van der Waals surface area contributed by atoms with Gasteiger partial charge in [0.25, 0.3) is 0 Å². The molecule has 0 amide bonds. The number of carbonyl (C=O) groups is 1. The Balaban J connectivity index is 3.50. The van der Waals surface area contributed by atoms with Crippen molar-refractivity contribution in [2.45, 2.75) is 20.8 Å². The van der Waals surface area contributed by atoms with Gasteiger partial charge in [0.1, 0.15) is 5.75 Å². The zero-order valence-electron chi connectivity index (χ0n) is 10.8. The molecule has 0 unspecified atom stereocenters. The van der Waals surface area contributed by atoms with E-state index in [1.54, 1.807) is 7.11 Å². The molecule has 0 heterocycles. The minimum atomic E-state index is 0.589. The van der Waals surface area contributed by atoms with Crippen LogP contribution in [-0.4, -0.2) is 13.4 Å². The Morgan fingerprint density at radius 3 is 2.47 bits per heavy atom. The fourth-order valence-electron chi connectivity index (χ4n) is 1.85. The SMILES string of the molecule is CC=CC(=CC)c1cc(C)cc(C=O)c1OC. The van der Waals surface area contributed by atoms with Crippen molar-refractivity contribution < 1.29 is 9.53 Å². The van der Waals surface area contributed by atoms with Gasteiger partial charge in [0.15, 0.2) is 6.29 Å². The van der Waals surface area contributed by atoms with Gasteiger partial charge in [-0.05, 0) is 44.0 Å². The number of aryl methyl sites for hydroxylation is 1. The van der Waals surface area contributed by atoms with Crippen molar-refractivity contribution >= 4 is 11.9 Å². The monoisotopic (exact) mass is 230 g/mol. The first kappa shape index (κ1) is 13.2. The Labute approximate surface area is 103 Å². The molecule has 2 heteroatoms. The minimum absolute atomic E-state index is 0.589. The Morgan fingerprint density at radius 1 is 1.29 bits per heavy atom. The first-order valence-electron chi connectivity index (χ1n) is 5.61. The normalized spacial score (nSPS) is 11.9. The summed E-state index contributed by atoms with van der Waals surface area (Å²) in [6.07, 6.45) is 6.81. The molecule has 0 aliphatic carbocycles. The number of rotatable bonds is 4. The van der Waals surface area contributed by atoms with Gasteiger partial charge in [0.2, 0.25) is 0 Å². The largest absolute Gasteiger partial charge is 0.495 e. The Morgan fingerprint density at radius 2 is 2.00 bits per heavy atom. The van der Waals surface area contributed by atoms with E-state index >= 15 is 0 Å². The second-order valence-corrected chi connectivity index (χ2v) is 3.80. The molecule has 1 aromatic carbocycles. The second kappa shape index (κ2) is 6.04. The van der Waals surface area contributed by atoms with E-state index in [0.717, 1.165) is 23.0 Å². The molecule has 0 atom stereocenters. The number of benzene rings is 1. The van der Waals surface area contributed by atoms with Crippen molar-refractivity contribution in [3.8, 4) is 5.75 Å². The standard InChI is InChI=1S/C15H18O2/c1-5-7-12(6-2)14-9-11(3)8-13(10-16)15(14)17-4/h5-10H,1-4H3. The third-order valence-corrected chi connectivity index (χ3v) is 2.56. The highest BCUT2D eigenvalue weighted by molar-refractivity contribution is 5.87. The fourth-order valence-corrected chi connectivity index (χ4v) is 1.85. The number of aldehydes is 1. The van der Waals surface area contributed by atoms with Crippen LogP contribution in [0.3, 0.4) is 0 Å². The topological polar surface area (TPSA) is 26.3 Å². The molecule has 0 fully saturated rings. The van der Waals surface area contributed by atoms with E-state index in [-0.39, 0.29) is 0 Å². The van der Waals surface area contributed by atoms with Crippen LogP contribution >= 0.6 is 0 Å². The van der Waals surface area contributed by atoms with Crippen molar-refractivity contribution in [2.75, 3.05) is 7.11 Å². The van der Waals surface area contributed by atoms with E-state index < -0.39 is 0 Å². The third kappa shape index (κ3) is 2.84. The molecule has 0 N–H and O–H groups in total. The Hall–Kier alpha value is -1.83. The summed E-state index contributed by atoms with van der Waals surface area (Å²) in [7, 11) is 1.59. The molecule has 1 rings (SSSR count). The Kier molecular flexibility index (Phi) is 4.70. The summed E-state index contributed by atoms with van der Waals surface area (Å²) in [4.78, 5) is 11.0. The number of hydrogen-bond acceptors (Lipinski definition) is 2. The van der Waals surface area contributed by atoms with Crippen molar-refractivity contribution in [1.29, 1.82) is 0 Å². The van der Waals surface area contributed by atoms with Gasteiger partial charge < -0.3 is 4.74 Å². The molecule has 0 saturated heterocycles. The third-order valence-electron chi connectivity index (χ3n) is 2.56. The molecule has 1 aromatic rings. The summed E-state index contributed by atoms with van der Waals surface area (Å²) in [6.45, 7) is 5.91. The molecule has 90 valence electrons. The van der Waals surface area contributed by atoms with Gasteiger partial charge in [-0.15, -0.1) is 0 Å². The molecular formula is C15H18O2. The second-order valence-electron chi connectivity index (χ2n) is 3.80. The number of methoxy groups -OCH3 is 1. The van der Waals surface area contributed by atoms with Crippen molar-refractivity contribution in [3.63, 3.8) is 0 Å². The van der Waals surface area contributed by atoms with E-state index in [1.165, 1.54) is 0 Å². The first-order valence-corrected chi connectivity index (χ1v) is 5.61. The zero-order valence-corrected chi connectivity index (χ0v) is 10.8. The quantitative estimate of drug-likeness (QED) is 0.581. The molecule has 0 aromatic heterocycles. The van der Waals surface area contributed by atoms with Crippen LogP contribution in [0.15, 0.2) is 30.4 Å². The fraction of sp³-hybridized carbons (Fsp3) is 0.267. The molecule has 0 saturated carbocycles. The van der Waals surface area contributed by atoms with Gasteiger partial charge in [0.05, 0.1) is 12.7 Å². The first-order chi connectivity index (χ1) is 8.17. The smallest absolute Gasteiger partial charge is 0.153 e. The van der Waals surface area contributed by atoms with E-state index in [4.69, 9.17) is 4.74 Å². The summed E-state index contributed by atoms with van der Waals surface area (Å²) < 4.78 is 5.35. The highest BCUT2D eigenvalue weighted by Crippen LogP contribution is 2.31. The number of ether oxygens (including phenoxy) is 1. The summed E-state index contributed by atoms with van der Waals surface area (Å²) >= 11 is 0. The number of hydrogen-bond donors (Lipinski definition) is 0. The predicted octanol–water partition coefficient (Wildman–Crippen LogP) is 3.80. The van der Waals surface area contributed by atoms with Crippen LogP contribution in [0.25, 0.3) is 5.57 Å². The molecule has 17 heavy (non-hydrogen) atoms. The van der Waals surface area contributed by atoms with Crippen LogP contribution in [0.1, 0.15) is 35.3 Å². The Bertz CT molecular complexity index is 468. The van der Waals surface area contributed by atoms with Crippen LogP contribution in [-0.2, 0) is 0 Å². The average Bonchev–Trinajstić information content (AvgIpc) is 2.34. The molecule has 2 nitrogen and oxygen atoms in total. The van der Waals surface area contributed by atoms with Crippen molar-refractivity contribution in [2.24, 2.45) is 0 Å². The van der Waals surface area contributed by atoms with Crippen molar-refractivity contribution in [3.05, 3.63) is 47.1 Å². The summed E-state index contributed by atoms with van der Waals surface area (Å²) in [5, 5.41) is 0. The van der Waals surface area contributed by atoms with Gasteiger partial charge in [-0.1, -0.05) is 18.2 Å². The highest BCUT2D eigenvalue weighted by atomic mass is 16.5. The predicted molar refractivity (Wildman–Crippen MR) is 71.6 cm³/mol. The summed E-state index contributed by atoms with van der Waals surface area (Å²) in [6, 6.07) is 3.86. The maximum atomic E-state index is 11.0. The lowest BCUT2D eigenvalue weighted by Gasteiger charge is -2.12. The zero-order chi connectivity index (χ0) is 12.8. The van der Waals surface area contributed by atoms with Crippen LogP contribution in [0.5, 0.6) is 5.75 Å². The van der Waals surface area contributed by atoms with E-state index in [1.807, 2.05) is 51.1 Å². The lowest BCUT2D eigenvalue weighted by molar-refractivity contribution is 0.112. The molecule has 0 bridgehead atoms. The van der Waals surface area contributed by atoms with Gasteiger partial charge >= 0.3 is 0 Å². The van der Waals surface area contributed by atoms with Crippen LogP contribution in [0.2, 0.25) is 0 Å². The molecule has 0 aliphatic heterocycles. The number of allylic oxidation sites excluding steroid dienone is 4. The van der Waals surface area contributed by atoms with E-state index in [2.05, 4.69) is 0 Å². The van der Waals surface area contributed by atoms with Crippen LogP contribution in [0, 0.1) is 6.92 Å². The molecular weight excluding hydrogens is 212 g/mol. The lowest BCUT2D eigenvalue weighted by Crippen LogP contribution is -1.97. The average molecular weight is 230 g/mol. The minimum Gasteiger partial charge on any atom is -0.495 e. The maximum Gasteiger partial charge on any atom is 0.153 e. The van der Waals surface area contributed by atoms with Gasteiger partial charge in [-0.3, -0.25) is 4.79 Å². The van der Waals surface area contributed by atoms with Crippen LogP contribution < -0.4 is 4.74 Å².